The molecule has 1 saturated carbocycles. The first-order valence-corrected chi connectivity index (χ1v) is 8.12. The van der Waals surface area contributed by atoms with E-state index in [4.69, 9.17) is 0 Å². The standard InChI is InChI=1S/C16H30N2O/c1-5-7-14-16(19)18(15(17-14)11(2)3)13-9-6-8-12(4)10-13/h11-15,17H,5-10H2,1-4H3. The predicted molar refractivity (Wildman–Crippen MR) is 78.7 cm³/mol. The highest BCUT2D eigenvalue weighted by Crippen LogP contribution is 2.32. The number of amides is 1. The van der Waals surface area contributed by atoms with Crippen molar-refractivity contribution in [2.45, 2.75) is 84.5 Å². The Morgan fingerprint density at radius 1 is 1.37 bits per heavy atom. The van der Waals surface area contributed by atoms with Crippen molar-refractivity contribution in [3.63, 3.8) is 0 Å². The van der Waals surface area contributed by atoms with E-state index in [9.17, 15) is 4.79 Å². The van der Waals surface area contributed by atoms with Crippen molar-refractivity contribution in [2.75, 3.05) is 0 Å². The Hall–Kier alpha value is -0.570. The van der Waals surface area contributed by atoms with Crippen LogP contribution in [-0.2, 0) is 4.79 Å². The third kappa shape index (κ3) is 3.13. The van der Waals surface area contributed by atoms with Gasteiger partial charge in [-0.15, -0.1) is 0 Å². The molecule has 3 nitrogen and oxygen atoms in total. The van der Waals surface area contributed by atoms with E-state index in [2.05, 4.69) is 37.9 Å². The molecule has 0 aromatic rings. The van der Waals surface area contributed by atoms with Gasteiger partial charge < -0.3 is 4.90 Å². The first kappa shape index (κ1) is 14.8. The summed E-state index contributed by atoms with van der Waals surface area (Å²) >= 11 is 0. The summed E-state index contributed by atoms with van der Waals surface area (Å²) < 4.78 is 0. The Balaban J connectivity index is 2.12. The minimum absolute atomic E-state index is 0.0645. The van der Waals surface area contributed by atoms with Crippen LogP contribution in [0.3, 0.4) is 0 Å². The lowest BCUT2D eigenvalue weighted by Crippen LogP contribution is -2.48. The largest absolute Gasteiger partial charge is 0.323 e. The molecule has 4 unspecified atom stereocenters. The molecule has 3 heteroatoms. The van der Waals surface area contributed by atoms with Gasteiger partial charge in [-0.25, -0.2) is 0 Å². The number of carbonyl (C=O) groups is 1. The molecule has 0 bridgehead atoms. The van der Waals surface area contributed by atoms with Crippen LogP contribution in [0.2, 0.25) is 0 Å². The van der Waals surface area contributed by atoms with Crippen LogP contribution in [0.15, 0.2) is 0 Å². The van der Waals surface area contributed by atoms with Gasteiger partial charge in [-0.1, -0.05) is 47.0 Å². The van der Waals surface area contributed by atoms with E-state index in [1.54, 1.807) is 0 Å². The highest BCUT2D eigenvalue weighted by atomic mass is 16.2. The highest BCUT2D eigenvalue weighted by Gasteiger charge is 2.43. The zero-order chi connectivity index (χ0) is 14.0. The summed E-state index contributed by atoms with van der Waals surface area (Å²) in [4.78, 5) is 14.9. The van der Waals surface area contributed by atoms with E-state index < -0.39 is 0 Å². The van der Waals surface area contributed by atoms with E-state index >= 15 is 0 Å². The quantitative estimate of drug-likeness (QED) is 0.848. The lowest BCUT2D eigenvalue weighted by atomic mass is 9.85. The minimum atomic E-state index is 0.0645. The van der Waals surface area contributed by atoms with Crippen LogP contribution >= 0.6 is 0 Å². The molecule has 1 aliphatic heterocycles. The maximum atomic E-state index is 12.7. The zero-order valence-corrected chi connectivity index (χ0v) is 13.0. The normalized spacial score (nSPS) is 36.3. The first-order chi connectivity index (χ1) is 9.04. The molecule has 1 saturated heterocycles. The van der Waals surface area contributed by atoms with Gasteiger partial charge in [0.05, 0.1) is 12.2 Å². The fourth-order valence-electron chi connectivity index (χ4n) is 3.75. The predicted octanol–water partition coefficient (Wildman–Crippen LogP) is 3.15. The van der Waals surface area contributed by atoms with E-state index in [1.165, 1.54) is 25.7 Å². The van der Waals surface area contributed by atoms with Crippen LogP contribution in [-0.4, -0.2) is 29.1 Å². The molecular weight excluding hydrogens is 236 g/mol. The van der Waals surface area contributed by atoms with E-state index in [-0.39, 0.29) is 12.2 Å². The topological polar surface area (TPSA) is 32.3 Å². The molecule has 0 aromatic heterocycles. The second-order valence-corrected chi connectivity index (χ2v) is 6.87. The van der Waals surface area contributed by atoms with Gasteiger partial charge >= 0.3 is 0 Å². The average Bonchev–Trinajstić information content (AvgIpc) is 2.68. The van der Waals surface area contributed by atoms with Crippen molar-refractivity contribution in [3.8, 4) is 0 Å². The van der Waals surface area contributed by atoms with Crippen molar-refractivity contribution in [1.82, 2.24) is 10.2 Å². The summed E-state index contributed by atoms with van der Waals surface area (Å²) in [5, 5.41) is 3.58. The van der Waals surface area contributed by atoms with E-state index in [0.29, 0.717) is 17.9 Å². The molecule has 4 atom stereocenters. The molecule has 2 aliphatic rings. The van der Waals surface area contributed by atoms with Crippen molar-refractivity contribution in [1.29, 1.82) is 0 Å². The number of carbonyl (C=O) groups excluding carboxylic acids is 1. The Labute approximate surface area is 118 Å². The summed E-state index contributed by atoms with van der Waals surface area (Å²) in [5.41, 5.74) is 0. The molecule has 0 spiro atoms. The molecule has 1 amide bonds. The summed E-state index contributed by atoms with van der Waals surface area (Å²) in [6.07, 6.45) is 7.29. The molecule has 0 aromatic carbocycles. The Kier molecular flexibility index (Phi) is 4.88. The van der Waals surface area contributed by atoms with Crippen molar-refractivity contribution in [2.24, 2.45) is 11.8 Å². The molecule has 1 N–H and O–H groups in total. The third-order valence-electron chi connectivity index (χ3n) is 4.74. The van der Waals surface area contributed by atoms with Gasteiger partial charge in [-0.05, 0) is 31.1 Å². The van der Waals surface area contributed by atoms with E-state index in [1.807, 2.05) is 0 Å². The monoisotopic (exact) mass is 266 g/mol. The number of nitrogens with zero attached hydrogens (tertiary/aromatic N) is 1. The van der Waals surface area contributed by atoms with Crippen LogP contribution in [0, 0.1) is 11.8 Å². The fraction of sp³-hybridized carbons (Fsp3) is 0.938. The molecule has 2 fully saturated rings. The van der Waals surface area contributed by atoms with Crippen molar-refractivity contribution in [3.05, 3.63) is 0 Å². The van der Waals surface area contributed by atoms with Gasteiger partial charge in [0.25, 0.3) is 0 Å². The lowest BCUT2D eigenvalue weighted by molar-refractivity contribution is -0.134. The second kappa shape index (κ2) is 6.25. The minimum Gasteiger partial charge on any atom is -0.323 e. The van der Waals surface area contributed by atoms with Crippen LogP contribution in [0.25, 0.3) is 0 Å². The van der Waals surface area contributed by atoms with Gasteiger partial charge in [0, 0.05) is 6.04 Å². The summed E-state index contributed by atoms with van der Waals surface area (Å²) in [6, 6.07) is 0.535. The van der Waals surface area contributed by atoms with Gasteiger partial charge in [0.15, 0.2) is 0 Å². The summed E-state index contributed by atoms with van der Waals surface area (Å²) in [6.45, 7) is 8.93. The Bertz CT molecular complexity index is 316. The second-order valence-electron chi connectivity index (χ2n) is 6.87. The SMILES string of the molecule is CCCC1NC(C(C)C)N(C2CCCC(C)C2)C1=O. The number of rotatable bonds is 4. The summed E-state index contributed by atoms with van der Waals surface area (Å²) in [5.74, 6) is 1.62. The summed E-state index contributed by atoms with van der Waals surface area (Å²) in [7, 11) is 0. The average molecular weight is 266 g/mol. The van der Waals surface area contributed by atoms with Gasteiger partial charge in [0.1, 0.15) is 0 Å². The van der Waals surface area contributed by atoms with Crippen LogP contribution in [0.5, 0.6) is 0 Å². The van der Waals surface area contributed by atoms with E-state index in [0.717, 1.165) is 18.8 Å². The van der Waals surface area contributed by atoms with Gasteiger partial charge in [0.2, 0.25) is 5.91 Å². The highest BCUT2D eigenvalue weighted by molar-refractivity contribution is 5.84. The first-order valence-electron chi connectivity index (χ1n) is 8.12. The Morgan fingerprint density at radius 2 is 2.11 bits per heavy atom. The zero-order valence-electron chi connectivity index (χ0n) is 13.0. The van der Waals surface area contributed by atoms with Gasteiger partial charge in [-0.3, -0.25) is 10.1 Å². The molecule has 110 valence electrons. The van der Waals surface area contributed by atoms with Crippen molar-refractivity contribution >= 4 is 5.91 Å². The van der Waals surface area contributed by atoms with Crippen molar-refractivity contribution < 1.29 is 4.79 Å². The lowest BCUT2D eigenvalue weighted by Gasteiger charge is -2.38. The maximum absolute atomic E-state index is 12.7. The molecule has 0 radical (unpaired) electrons. The molecular formula is C16H30N2O. The third-order valence-corrected chi connectivity index (χ3v) is 4.74. The van der Waals surface area contributed by atoms with Crippen LogP contribution in [0.1, 0.15) is 66.2 Å². The van der Waals surface area contributed by atoms with Crippen LogP contribution in [0.4, 0.5) is 0 Å². The fourth-order valence-corrected chi connectivity index (χ4v) is 3.75. The number of hydrogen-bond acceptors (Lipinski definition) is 2. The number of hydrogen-bond donors (Lipinski definition) is 1. The van der Waals surface area contributed by atoms with Gasteiger partial charge in [-0.2, -0.15) is 0 Å². The molecule has 19 heavy (non-hydrogen) atoms. The smallest absolute Gasteiger partial charge is 0.241 e. The number of nitrogens with one attached hydrogen (secondary N) is 1. The molecule has 2 rings (SSSR count). The van der Waals surface area contributed by atoms with Crippen LogP contribution < -0.4 is 5.32 Å². The molecule has 1 aliphatic carbocycles. The molecule has 1 heterocycles. The maximum Gasteiger partial charge on any atom is 0.241 e. The Morgan fingerprint density at radius 3 is 2.68 bits per heavy atom.